The number of amides is 1. The van der Waals surface area contributed by atoms with Crippen molar-refractivity contribution in [3.8, 4) is 10.6 Å². The number of aliphatic hydroxyl groups excluding tert-OH is 1. The minimum absolute atomic E-state index is 0.113. The second-order valence-corrected chi connectivity index (χ2v) is 8.75. The van der Waals surface area contributed by atoms with E-state index in [2.05, 4.69) is 0 Å². The Hall–Kier alpha value is -1.92. The number of hydrogen-bond donors (Lipinski definition) is 1. The zero-order valence-electron chi connectivity index (χ0n) is 16.1. The molecule has 1 amide bonds. The summed E-state index contributed by atoms with van der Waals surface area (Å²) in [6, 6.07) is 6.05. The average Bonchev–Trinajstić information content (AvgIpc) is 3.13. The second kappa shape index (κ2) is 7.60. The number of hydrogen-bond acceptors (Lipinski definition) is 5. The molecular formula is C21H27N3O2S. The van der Waals surface area contributed by atoms with Gasteiger partial charge in [-0.25, -0.2) is 4.98 Å². The highest BCUT2D eigenvalue weighted by Crippen LogP contribution is 2.39. The molecule has 2 heterocycles. The highest BCUT2D eigenvalue weighted by Gasteiger charge is 2.25. The highest BCUT2D eigenvalue weighted by molar-refractivity contribution is 7.15. The van der Waals surface area contributed by atoms with Gasteiger partial charge in [-0.2, -0.15) is 0 Å². The number of piperidine rings is 1. The number of thiazole rings is 1. The summed E-state index contributed by atoms with van der Waals surface area (Å²) in [4.78, 5) is 22.9. The van der Waals surface area contributed by atoms with Gasteiger partial charge in [0.05, 0.1) is 22.2 Å². The van der Waals surface area contributed by atoms with E-state index in [4.69, 9.17) is 4.98 Å². The Morgan fingerprint density at radius 1 is 1.22 bits per heavy atom. The van der Waals surface area contributed by atoms with Crippen molar-refractivity contribution >= 4 is 22.9 Å². The first-order valence-electron chi connectivity index (χ1n) is 9.83. The number of carbonyl (C=O) groups excluding carboxylic acids is 1. The molecule has 1 aliphatic carbocycles. The Labute approximate surface area is 164 Å². The SMILES string of the molecule is CN(C)c1ccc(-c2nc3c(s2)C(O)CCC3)cc1C(=O)N1CCCCC1. The smallest absolute Gasteiger partial charge is 0.255 e. The summed E-state index contributed by atoms with van der Waals surface area (Å²) >= 11 is 1.57. The molecule has 1 aliphatic heterocycles. The predicted octanol–water partition coefficient (Wildman–Crippen LogP) is 3.87. The van der Waals surface area contributed by atoms with Crippen molar-refractivity contribution in [3.05, 3.63) is 34.3 Å². The molecule has 1 unspecified atom stereocenters. The molecule has 1 N–H and O–H groups in total. The zero-order chi connectivity index (χ0) is 19.0. The Balaban J connectivity index is 1.71. The Bertz CT molecular complexity index is 840. The van der Waals surface area contributed by atoms with Crippen LogP contribution < -0.4 is 4.90 Å². The molecule has 6 heteroatoms. The van der Waals surface area contributed by atoms with E-state index in [9.17, 15) is 9.90 Å². The Morgan fingerprint density at radius 2 is 2.00 bits per heavy atom. The molecule has 0 bridgehead atoms. The molecule has 1 fully saturated rings. The molecule has 1 atom stereocenters. The normalized spacial score (nSPS) is 19.7. The summed E-state index contributed by atoms with van der Waals surface area (Å²) in [6.07, 6.45) is 5.70. The summed E-state index contributed by atoms with van der Waals surface area (Å²) in [5.74, 6) is 0.113. The molecular weight excluding hydrogens is 358 g/mol. The van der Waals surface area contributed by atoms with Gasteiger partial charge in [-0.05, 0) is 56.7 Å². The number of carbonyl (C=O) groups is 1. The van der Waals surface area contributed by atoms with E-state index in [0.29, 0.717) is 0 Å². The van der Waals surface area contributed by atoms with E-state index < -0.39 is 6.10 Å². The van der Waals surface area contributed by atoms with Gasteiger partial charge in [0, 0.05) is 38.4 Å². The van der Waals surface area contributed by atoms with Crippen LogP contribution in [0.25, 0.3) is 10.6 Å². The molecule has 4 rings (SSSR count). The summed E-state index contributed by atoms with van der Waals surface area (Å²) in [5.41, 5.74) is 3.67. The Morgan fingerprint density at radius 3 is 2.70 bits per heavy atom. The molecule has 0 saturated carbocycles. The number of benzene rings is 1. The molecule has 0 spiro atoms. The summed E-state index contributed by atoms with van der Waals surface area (Å²) < 4.78 is 0. The van der Waals surface area contributed by atoms with Crippen molar-refractivity contribution in [3.63, 3.8) is 0 Å². The van der Waals surface area contributed by atoms with Crippen LogP contribution in [0.3, 0.4) is 0 Å². The van der Waals surface area contributed by atoms with Gasteiger partial charge in [0.1, 0.15) is 5.01 Å². The van der Waals surface area contributed by atoms with Crippen LogP contribution in [0.2, 0.25) is 0 Å². The van der Waals surface area contributed by atoms with Crippen LogP contribution >= 0.6 is 11.3 Å². The predicted molar refractivity (Wildman–Crippen MR) is 110 cm³/mol. The van der Waals surface area contributed by atoms with Crippen molar-refractivity contribution in [1.82, 2.24) is 9.88 Å². The van der Waals surface area contributed by atoms with E-state index >= 15 is 0 Å². The van der Waals surface area contributed by atoms with Gasteiger partial charge in [0.15, 0.2) is 0 Å². The summed E-state index contributed by atoms with van der Waals surface area (Å²) in [5, 5.41) is 11.2. The first kappa shape index (κ1) is 18.4. The maximum atomic E-state index is 13.2. The van der Waals surface area contributed by atoms with E-state index in [0.717, 1.165) is 77.6 Å². The summed E-state index contributed by atoms with van der Waals surface area (Å²) in [7, 11) is 3.95. The van der Waals surface area contributed by atoms with Crippen LogP contribution in [0.1, 0.15) is 59.1 Å². The fourth-order valence-electron chi connectivity index (χ4n) is 4.02. The number of aromatic nitrogens is 1. The van der Waals surface area contributed by atoms with E-state index in [-0.39, 0.29) is 5.91 Å². The van der Waals surface area contributed by atoms with Gasteiger partial charge in [0.2, 0.25) is 0 Å². The Kier molecular flexibility index (Phi) is 5.19. The van der Waals surface area contributed by atoms with Crippen LogP contribution in [0.15, 0.2) is 18.2 Å². The van der Waals surface area contributed by atoms with Crippen molar-refractivity contribution in [2.75, 3.05) is 32.1 Å². The molecule has 1 aromatic heterocycles. The lowest BCUT2D eigenvalue weighted by atomic mass is 10.0. The number of fused-ring (bicyclic) bond motifs is 1. The first-order valence-corrected chi connectivity index (χ1v) is 10.6. The van der Waals surface area contributed by atoms with Gasteiger partial charge >= 0.3 is 0 Å². The molecule has 0 radical (unpaired) electrons. The number of rotatable bonds is 3. The fraction of sp³-hybridized carbons (Fsp3) is 0.524. The summed E-state index contributed by atoms with van der Waals surface area (Å²) in [6.45, 7) is 1.68. The van der Waals surface area contributed by atoms with Crippen molar-refractivity contribution in [2.45, 2.75) is 44.6 Å². The lowest BCUT2D eigenvalue weighted by Gasteiger charge is -2.28. The van der Waals surface area contributed by atoms with Crippen LogP contribution in [-0.2, 0) is 6.42 Å². The standard InChI is InChI=1S/C21H27N3O2S/c1-23(2)17-10-9-14(13-15(17)21(26)24-11-4-3-5-12-24)20-22-16-7-6-8-18(25)19(16)27-20/h9-10,13,18,25H,3-8,11-12H2,1-2H3. The van der Waals surface area contributed by atoms with Crippen molar-refractivity contribution < 1.29 is 9.90 Å². The third-order valence-corrected chi connectivity index (χ3v) is 6.77. The number of anilines is 1. The van der Waals surface area contributed by atoms with Crippen LogP contribution in [0.5, 0.6) is 0 Å². The van der Waals surface area contributed by atoms with E-state index in [1.165, 1.54) is 6.42 Å². The third-order valence-electron chi connectivity index (χ3n) is 5.52. The monoisotopic (exact) mass is 385 g/mol. The van der Waals surface area contributed by atoms with Gasteiger partial charge in [-0.3, -0.25) is 4.79 Å². The van der Waals surface area contributed by atoms with E-state index in [1.54, 1.807) is 11.3 Å². The average molecular weight is 386 g/mol. The molecule has 2 aromatic rings. The van der Waals surface area contributed by atoms with Crippen LogP contribution in [-0.4, -0.2) is 48.1 Å². The molecule has 144 valence electrons. The number of aliphatic hydroxyl groups is 1. The zero-order valence-corrected chi connectivity index (χ0v) is 16.9. The van der Waals surface area contributed by atoms with Gasteiger partial charge in [-0.15, -0.1) is 11.3 Å². The first-order chi connectivity index (χ1) is 13.0. The quantitative estimate of drug-likeness (QED) is 0.871. The minimum atomic E-state index is -0.393. The number of nitrogens with zero attached hydrogens (tertiary/aromatic N) is 3. The van der Waals surface area contributed by atoms with Gasteiger partial charge in [-0.1, -0.05) is 0 Å². The molecule has 1 aromatic carbocycles. The van der Waals surface area contributed by atoms with Crippen LogP contribution in [0, 0.1) is 0 Å². The lowest BCUT2D eigenvalue weighted by molar-refractivity contribution is 0.0725. The third kappa shape index (κ3) is 3.60. The van der Waals surface area contributed by atoms with E-state index in [1.807, 2.05) is 42.1 Å². The molecule has 1 saturated heterocycles. The maximum absolute atomic E-state index is 13.2. The molecule has 5 nitrogen and oxygen atoms in total. The minimum Gasteiger partial charge on any atom is -0.388 e. The van der Waals surface area contributed by atoms with Crippen molar-refractivity contribution in [1.29, 1.82) is 0 Å². The lowest BCUT2D eigenvalue weighted by Crippen LogP contribution is -2.36. The highest BCUT2D eigenvalue weighted by atomic mass is 32.1. The fourth-order valence-corrected chi connectivity index (χ4v) is 5.15. The topological polar surface area (TPSA) is 56.7 Å². The second-order valence-electron chi connectivity index (χ2n) is 7.72. The van der Waals surface area contributed by atoms with Gasteiger partial charge < -0.3 is 14.9 Å². The van der Waals surface area contributed by atoms with Crippen molar-refractivity contribution in [2.24, 2.45) is 0 Å². The van der Waals surface area contributed by atoms with Crippen LogP contribution in [0.4, 0.5) is 5.69 Å². The molecule has 2 aliphatic rings. The number of likely N-dealkylation sites (tertiary alicyclic amines) is 1. The maximum Gasteiger partial charge on any atom is 0.255 e. The largest absolute Gasteiger partial charge is 0.388 e. The molecule has 27 heavy (non-hydrogen) atoms. The number of aryl methyl sites for hydroxylation is 1. The van der Waals surface area contributed by atoms with Gasteiger partial charge in [0.25, 0.3) is 5.91 Å².